The summed E-state index contributed by atoms with van der Waals surface area (Å²) in [6.07, 6.45) is 5.26. The number of hydrogen-bond donors (Lipinski definition) is 1. The topological polar surface area (TPSA) is 61.5 Å². The smallest absolute Gasteiger partial charge is 0.305 e. The largest absolute Gasteiger partial charge is 0.493 e. The molecule has 4 heteroatoms. The van der Waals surface area contributed by atoms with Crippen LogP contribution in [-0.2, 0) is 16.0 Å². The van der Waals surface area contributed by atoms with Crippen molar-refractivity contribution < 1.29 is 14.3 Å². The Bertz CT molecular complexity index is 459. The average Bonchev–Trinajstić information content (AvgIpc) is 2.50. The van der Waals surface area contributed by atoms with Gasteiger partial charge in [-0.3, -0.25) is 4.79 Å². The van der Waals surface area contributed by atoms with Gasteiger partial charge >= 0.3 is 5.97 Å². The minimum Gasteiger partial charge on any atom is -0.493 e. The van der Waals surface area contributed by atoms with Gasteiger partial charge in [0.15, 0.2) is 0 Å². The fourth-order valence-electron chi connectivity index (χ4n) is 2.51. The number of unbranched alkanes of at least 4 members (excludes halogenated alkanes) is 1. The van der Waals surface area contributed by atoms with Crippen molar-refractivity contribution in [2.75, 3.05) is 13.7 Å². The number of rotatable bonds is 6. The van der Waals surface area contributed by atoms with E-state index in [-0.39, 0.29) is 12.0 Å². The Balaban J connectivity index is 1.83. The van der Waals surface area contributed by atoms with Crippen LogP contribution < -0.4 is 10.5 Å². The SMILES string of the molecule is COC(=O)CCCCC(N)c1ccc2c(c1)CCCO2. The Labute approximate surface area is 120 Å². The maximum atomic E-state index is 11.0. The molecule has 0 saturated heterocycles. The fourth-order valence-corrected chi connectivity index (χ4v) is 2.51. The second-order valence-electron chi connectivity index (χ2n) is 5.25. The van der Waals surface area contributed by atoms with E-state index in [2.05, 4.69) is 16.9 Å². The zero-order chi connectivity index (χ0) is 14.4. The molecule has 1 heterocycles. The van der Waals surface area contributed by atoms with Gasteiger partial charge in [0.25, 0.3) is 0 Å². The maximum Gasteiger partial charge on any atom is 0.305 e. The van der Waals surface area contributed by atoms with Gasteiger partial charge in [-0.15, -0.1) is 0 Å². The third-order valence-corrected chi connectivity index (χ3v) is 3.73. The molecule has 0 spiro atoms. The number of carbonyl (C=O) groups excluding carboxylic acids is 1. The molecule has 1 atom stereocenters. The van der Waals surface area contributed by atoms with Gasteiger partial charge < -0.3 is 15.2 Å². The molecule has 2 N–H and O–H groups in total. The van der Waals surface area contributed by atoms with Crippen LogP contribution in [0, 0.1) is 0 Å². The van der Waals surface area contributed by atoms with E-state index >= 15 is 0 Å². The highest BCUT2D eigenvalue weighted by Gasteiger charge is 2.13. The second kappa shape index (κ2) is 7.29. The summed E-state index contributed by atoms with van der Waals surface area (Å²) >= 11 is 0. The lowest BCUT2D eigenvalue weighted by molar-refractivity contribution is -0.140. The molecular formula is C16H23NO3. The lowest BCUT2D eigenvalue weighted by Gasteiger charge is -2.20. The van der Waals surface area contributed by atoms with Crippen LogP contribution in [0.2, 0.25) is 0 Å². The third-order valence-electron chi connectivity index (χ3n) is 3.73. The number of benzene rings is 1. The monoisotopic (exact) mass is 277 g/mol. The number of nitrogens with two attached hydrogens (primary N) is 1. The molecule has 0 aromatic heterocycles. The van der Waals surface area contributed by atoms with Crippen LogP contribution in [0.15, 0.2) is 18.2 Å². The van der Waals surface area contributed by atoms with Gasteiger partial charge in [-0.25, -0.2) is 0 Å². The Morgan fingerprint density at radius 1 is 1.45 bits per heavy atom. The van der Waals surface area contributed by atoms with Crippen LogP contribution >= 0.6 is 0 Å². The molecule has 1 aliphatic heterocycles. The summed E-state index contributed by atoms with van der Waals surface area (Å²) in [5.74, 6) is 0.849. The predicted octanol–water partition coefficient (Wildman–Crippen LogP) is 2.74. The van der Waals surface area contributed by atoms with Gasteiger partial charge in [0.1, 0.15) is 5.75 Å². The second-order valence-corrected chi connectivity index (χ2v) is 5.25. The van der Waals surface area contributed by atoms with Gasteiger partial charge in [0.05, 0.1) is 13.7 Å². The summed E-state index contributed by atoms with van der Waals surface area (Å²) in [5, 5.41) is 0. The number of esters is 1. The van der Waals surface area contributed by atoms with Crippen LogP contribution in [0.3, 0.4) is 0 Å². The average molecular weight is 277 g/mol. The summed E-state index contributed by atoms with van der Waals surface area (Å²) in [4.78, 5) is 11.0. The summed E-state index contributed by atoms with van der Waals surface area (Å²) in [6.45, 7) is 0.811. The fraction of sp³-hybridized carbons (Fsp3) is 0.562. The highest BCUT2D eigenvalue weighted by molar-refractivity contribution is 5.68. The molecule has 20 heavy (non-hydrogen) atoms. The van der Waals surface area contributed by atoms with Crippen LogP contribution in [0.5, 0.6) is 5.75 Å². The molecule has 0 saturated carbocycles. The molecule has 1 aliphatic rings. The molecule has 0 bridgehead atoms. The molecule has 0 amide bonds. The molecule has 2 rings (SSSR count). The van der Waals surface area contributed by atoms with E-state index < -0.39 is 0 Å². The molecule has 110 valence electrons. The lowest BCUT2D eigenvalue weighted by Crippen LogP contribution is -2.13. The van der Waals surface area contributed by atoms with Crippen molar-refractivity contribution in [3.05, 3.63) is 29.3 Å². The number of aryl methyl sites for hydroxylation is 1. The van der Waals surface area contributed by atoms with Crippen molar-refractivity contribution in [3.63, 3.8) is 0 Å². The van der Waals surface area contributed by atoms with Crippen molar-refractivity contribution in [2.45, 2.75) is 44.6 Å². The van der Waals surface area contributed by atoms with Crippen molar-refractivity contribution in [1.82, 2.24) is 0 Å². The standard InChI is InChI=1S/C16H23NO3/c1-19-16(18)7-3-2-6-14(17)12-8-9-15-13(11-12)5-4-10-20-15/h8-9,11,14H,2-7,10,17H2,1H3. The summed E-state index contributed by atoms with van der Waals surface area (Å²) in [7, 11) is 1.42. The quantitative estimate of drug-likeness (QED) is 0.641. The van der Waals surface area contributed by atoms with Gasteiger partial charge in [0.2, 0.25) is 0 Å². The predicted molar refractivity (Wildman–Crippen MR) is 77.7 cm³/mol. The first-order chi connectivity index (χ1) is 9.70. The molecule has 0 aliphatic carbocycles. The zero-order valence-electron chi connectivity index (χ0n) is 12.1. The van der Waals surface area contributed by atoms with E-state index in [1.807, 2.05) is 6.07 Å². The first kappa shape index (κ1) is 14.9. The van der Waals surface area contributed by atoms with E-state index in [0.717, 1.165) is 50.0 Å². The molecule has 0 fully saturated rings. The van der Waals surface area contributed by atoms with Crippen molar-refractivity contribution in [1.29, 1.82) is 0 Å². The van der Waals surface area contributed by atoms with Crippen LogP contribution in [0.25, 0.3) is 0 Å². The zero-order valence-corrected chi connectivity index (χ0v) is 12.1. The van der Waals surface area contributed by atoms with Crippen molar-refractivity contribution in [2.24, 2.45) is 5.73 Å². The first-order valence-electron chi connectivity index (χ1n) is 7.28. The summed E-state index contributed by atoms with van der Waals surface area (Å²) in [6, 6.07) is 6.27. The Morgan fingerprint density at radius 3 is 3.10 bits per heavy atom. The number of methoxy groups -OCH3 is 1. The molecule has 4 nitrogen and oxygen atoms in total. The molecule has 1 unspecified atom stereocenters. The number of fused-ring (bicyclic) bond motifs is 1. The summed E-state index contributed by atoms with van der Waals surface area (Å²) in [5.41, 5.74) is 8.64. The molecule has 0 radical (unpaired) electrons. The third kappa shape index (κ3) is 3.97. The van der Waals surface area contributed by atoms with Gasteiger partial charge in [-0.1, -0.05) is 18.6 Å². The van der Waals surface area contributed by atoms with Gasteiger partial charge in [-0.05, 0) is 42.9 Å². The number of hydrogen-bond acceptors (Lipinski definition) is 4. The Hall–Kier alpha value is -1.55. The minimum atomic E-state index is -0.149. The maximum absolute atomic E-state index is 11.0. The van der Waals surface area contributed by atoms with E-state index in [1.54, 1.807) is 0 Å². The lowest BCUT2D eigenvalue weighted by atomic mass is 9.96. The van der Waals surface area contributed by atoms with Crippen LogP contribution in [0.1, 0.15) is 49.3 Å². The Morgan fingerprint density at radius 2 is 2.30 bits per heavy atom. The van der Waals surface area contributed by atoms with Crippen molar-refractivity contribution >= 4 is 5.97 Å². The van der Waals surface area contributed by atoms with E-state index in [1.165, 1.54) is 12.7 Å². The van der Waals surface area contributed by atoms with Crippen LogP contribution in [0.4, 0.5) is 0 Å². The number of ether oxygens (including phenoxy) is 2. The van der Waals surface area contributed by atoms with Crippen LogP contribution in [-0.4, -0.2) is 19.7 Å². The van der Waals surface area contributed by atoms with Gasteiger partial charge in [0, 0.05) is 12.5 Å². The van der Waals surface area contributed by atoms with E-state index in [0.29, 0.717) is 6.42 Å². The molecular weight excluding hydrogens is 254 g/mol. The summed E-state index contributed by atoms with van der Waals surface area (Å²) < 4.78 is 10.2. The minimum absolute atomic E-state index is 0.0277. The molecule has 1 aromatic rings. The normalized spacial score (nSPS) is 15.1. The van der Waals surface area contributed by atoms with E-state index in [4.69, 9.17) is 10.5 Å². The Kier molecular flexibility index (Phi) is 5.41. The highest BCUT2D eigenvalue weighted by atomic mass is 16.5. The van der Waals surface area contributed by atoms with Gasteiger partial charge in [-0.2, -0.15) is 0 Å². The number of carbonyl (C=O) groups is 1. The highest BCUT2D eigenvalue weighted by Crippen LogP contribution is 2.28. The first-order valence-corrected chi connectivity index (χ1v) is 7.28. The van der Waals surface area contributed by atoms with Crippen molar-refractivity contribution in [3.8, 4) is 5.75 Å². The van der Waals surface area contributed by atoms with E-state index in [9.17, 15) is 4.79 Å². The molecule has 1 aromatic carbocycles.